The molecule has 0 unspecified atom stereocenters. The molecule has 0 saturated carbocycles. The van der Waals surface area contributed by atoms with Crippen LogP contribution in [0.4, 0.5) is 5.69 Å². The van der Waals surface area contributed by atoms with E-state index in [1.807, 2.05) is 6.07 Å². The highest BCUT2D eigenvalue weighted by Gasteiger charge is 2.17. The molecule has 94 valence electrons. The minimum atomic E-state index is -3.49. The van der Waals surface area contributed by atoms with E-state index >= 15 is 0 Å². The Morgan fingerprint density at radius 1 is 1.29 bits per heavy atom. The van der Waals surface area contributed by atoms with Crippen LogP contribution in [-0.4, -0.2) is 32.6 Å². The van der Waals surface area contributed by atoms with E-state index in [4.69, 9.17) is 0 Å². The van der Waals surface area contributed by atoms with Gasteiger partial charge in [0.15, 0.2) is 9.84 Å². The predicted octanol–water partition coefficient (Wildman–Crippen LogP) is 1.03. The van der Waals surface area contributed by atoms with Crippen molar-refractivity contribution in [2.45, 2.75) is 6.92 Å². The molecule has 0 radical (unpaired) electrons. The standard InChI is InChI=1S/C11H15NO4S/c1-2-16-11(13)8-17(14,15)9-12-10-6-4-3-5-7-10/h3-7,12H,2,8-9H2,1H3. The van der Waals surface area contributed by atoms with E-state index in [1.54, 1.807) is 31.2 Å². The lowest BCUT2D eigenvalue weighted by atomic mass is 10.3. The molecular weight excluding hydrogens is 242 g/mol. The molecule has 0 bridgehead atoms. The fourth-order valence-electron chi connectivity index (χ4n) is 1.18. The molecule has 0 heterocycles. The summed E-state index contributed by atoms with van der Waals surface area (Å²) in [6.07, 6.45) is 0. The first-order chi connectivity index (χ1) is 8.03. The summed E-state index contributed by atoms with van der Waals surface area (Å²) in [6.45, 7) is 1.81. The third-order valence-electron chi connectivity index (χ3n) is 1.91. The Kier molecular flexibility index (Phi) is 4.96. The zero-order valence-electron chi connectivity index (χ0n) is 9.55. The molecule has 1 N–H and O–H groups in total. The second-order valence-electron chi connectivity index (χ2n) is 3.38. The highest BCUT2D eigenvalue weighted by Crippen LogP contribution is 2.05. The normalized spacial score (nSPS) is 10.9. The summed E-state index contributed by atoms with van der Waals surface area (Å²) >= 11 is 0. The Hall–Kier alpha value is -1.56. The van der Waals surface area contributed by atoms with Crippen molar-refractivity contribution >= 4 is 21.5 Å². The zero-order valence-corrected chi connectivity index (χ0v) is 10.4. The quantitative estimate of drug-likeness (QED) is 0.771. The van der Waals surface area contributed by atoms with Crippen LogP contribution in [0.3, 0.4) is 0 Å². The van der Waals surface area contributed by atoms with E-state index in [0.29, 0.717) is 5.69 Å². The van der Waals surface area contributed by atoms with E-state index in [1.165, 1.54) is 0 Å². The first-order valence-corrected chi connectivity index (χ1v) is 7.00. The monoisotopic (exact) mass is 257 g/mol. The van der Waals surface area contributed by atoms with E-state index < -0.39 is 21.6 Å². The minimum Gasteiger partial charge on any atom is -0.465 e. The number of ether oxygens (including phenoxy) is 1. The van der Waals surface area contributed by atoms with Gasteiger partial charge in [0.05, 0.1) is 6.61 Å². The summed E-state index contributed by atoms with van der Waals surface area (Å²) in [5.41, 5.74) is 0.694. The van der Waals surface area contributed by atoms with Crippen LogP contribution >= 0.6 is 0 Å². The van der Waals surface area contributed by atoms with Gasteiger partial charge in [0.2, 0.25) is 0 Å². The van der Waals surface area contributed by atoms with Gasteiger partial charge in [-0.2, -0.15) is 0 Å². The van der Waals surface area contributed by atoms with E-state index in [0.717, 1.165) is 0 Å². The molecule has 0 spiro atoms. The van der Waals surface area contributed by atoms with Crippen LogP contribution < -0.4 is 5.32 Å². The maximum atomic E-state index is 11.5. The largest absolute Gasteiger partial charge is 0.465 e. The molecular formula is C11H15NO4S. The van der Waals surface area contributed by atoms with E-state index in [9.17, 15) is 13.2 Å². The summed E-state index contributed by atoms with van der Waals surface area (Å²) in [7, 11) is -3.49. The summed E-state index contributed by atoms with van der Waals surface area (Å²) in [6, 6.07) is 8.92. The van der Waals surface area contributed by atoms with Gasteiger partial charge in [-0.25, -0.2) is 8.42 Å². The van der Waals surface area contributed by atoms with Crippen LogP contribution in [0.5, 0.6) is 0 Å². The maximum Gasteiger partial charge on any atom is 0.321 e. The number of benzene rings is 1. The summed E-state index contributed by atoms with van der Waals surface area (Å²) in [4.78, 5) is 11.0. The van der Waals surface area contributed by atoms with Crippen LogP contribution in [0.1, 0.15) is 6.92 Å². The van der Waals surface area contributed by atoms with Gasteiger partial charge < -0.3 is 10.1 Å². The van der Waals surface area contributed by atoms with Crippen LogP contribution in [0, 0.1) is 0 Å². The van der Waals surface area contributed by atoms with Crippen LogP contribution in [0.15, 0.2) is 30.3 Å². The van der Waals surface area contributed by atoms with Gasteiger partial charge in [0.1, 0.15) is 11.6 Å². The molecule has 0 aliphatic carbocycles. The lowest BCUT2D eigenvalue weighted by Gasteiger charge is -2.07. The lowest BCUT2D eigenvalue weighted by Crippen LogP contribution is -2.24. The number of carbonyl (C=O) groups excluding carboxylic acids is 1. The van der Waals surface area contributed by atoms with Gasteiger partial charge in [-0.1, -0.05) is 18.2 Å². The van der Waals surface area contributed by atoms with Crippen molar-refractivity contribution < 1.29 is 17.9 Å². The zero-order chi connectivity index (χ0) is 12.7. The molecule has 1 rings (SSSR count). The van der Waals surface area contributed by atoms with Crippen molar-refractivity contribution in [3.05, 3.63) is 30.3 Å². The molecule has 0 saturated heterocycles. The predicted molar refractivity (Wildman–Crippen MR) is 65.4 cm³/mol. The Balaban J connectivity index is 2.48. The lowest BCUT2D eigenvalue weighted by molar-refractivity contribution is -0.139. The average molecular weight is 257 g/mol. The summed E-state index contributed by atoms with van der Waals surface area (Å²) in [5, 5.41) is 2.74. The van der Waals surface area contributed by atoms with E-state index in [-0.39, 0.29) is 12.5 Å². The van der Waals surface area contributed by atoms with Crippen LogP contribution in [0.25, 0.3) is 0 Å². The third-order valence-corrected chi connectivity index (χ3v) is 3.17. The number of hydrogen-bond donors (Lipinski definition) is 1. The molecule has 0 fully saturated rings. The highest BCUT2D eigenvalue weighted by molar-refractivity contribution is 7.92. The number of sulfone groups is 1. The second-order valence-corrected chi connectivity index (χ2v) is 5.44. The molecule has 0 amide bonds. The number of hydrogen-bond acceptors (Lipinski definition) is 5. The number of nitrogens with one attached hydrogen (secondary N) is 1. The molecule has 0 aliphatic rings. The SMILES string of the molecule is CCOC(=O)CS(=O)(=O)CNc1ccccc1. The fourth-order valence-corrected chi connectivity index (χ4v) is 2.11. The van der Waals surface area contributed by atoms with Crippen molar-refractivity contribution in [1.29, 1.82) is 0 Å². The average Bonchev–Trinajstić information content (AvgIpc) is 2.27. The molecule has 5 nitrogen and oxygen atoms in total. The maximum absolute atomic E-state index is 11.5. The first kappa shape index (κ1) is 13.5. The van der Waals surface area contributed by atoms with Crippen LogP contribution in [0.2, 0.25) is 0 Å². The summed E-state index contributed by atoms with van der Waals surface area (Å²) in [5.74, 6) is -1.60. The molecule has 1 aromatic rings. The van der Waals surface area contributed by atoms with Crippen molar-refractivity contribution in [3.63, 3.8) is 0 Å². The van der Waals surface area contributed by atoms with E-state index in [2.05, 4.69) is 10.1 Å². The molecule has 0 aromatic heterocycles. The van der Waals surface area contributed by atoms with Gasteiger partial charge in [0, 0.05) is 5.69 Å². The molecule has 0 atom stereocenters. The number of para-hydroxylation sites is 1. The molecule has 6 heteroatoms. The topological polar surface area (TPSA) is 72.5 Å². The second kappa shape index (κ2) is 6.24. The Bertz CT molecular complexity index is 456. The Labute approximate surface area is 101 Å². The van der Waals surface area contributed by atoms with Crippen molar-refractivity contribution in [1.82, 2.24) is 0 Å². The number of rotatable bonds is 6. The van der Waals surface area contributed by atoms with Gasteiger partial charge >= 0.3 is 5.97 Å². The minimum absolute atomic E-state index is 0.181. The smallest absolute Gasteiger partial charge is 0.321 e. The Morgan fingerprint density at radius 2 is 1.94 bits per heavy atom. The Morgan fingerprint density at radius 3 is 2.53 bits per heavy atom. The fraction of sp³-hybridized carbons (Fsp3) is 0.364. The van der Waals surface area contributed by atoms with Crippen molar-refractivity contribution in [2.75, 3.05) is 23.6 Å². The molecule has 17 heavy (non-hydrogen) atoms. The van der Waals surface area contributed by atoms with Gasteiger partial charge in [0.25, 0.3) is 0 Å². The van der Waals surface area contributed by atoms with Gasteiger partial charge in [-0.3, -0.25) is 4.79 Å². The van der Waals surface area contributed by atoms with Gasteiger partial charge in [-0.05, 0) is 19.1 Å². The number of esters is 1. The third kappa shape index (κ3) is 5.35. The van der Waals surface area contributed by atoms with Crippen LogP contribution in [-0.2, 0) is 19.4 Å². The first-order valence-electron chi connectivity index (χ1n) is 5.18. The van der Waals surface area contributed by atoms with Crippen molar-refractivity contribution in [3.8, 4) is 0 Å². The molecule has 1 aromatic carbocycles. The highest BCUT2D eigenvalue weighted by atomic mass is 32.2. The van der Waals surface area contributed by atoms with Gasteiger partial charge in [-0.15, -0.1) is 0 Å². The number of anilines is 1. The van der Waals surface area contributed by atoms with Crippen molar-refractivity contribution in [2.24, 2.45) is 0 Å². The number of carbonyl (C=O) groups is 1. The molecule has 0 aliphatic heterocycles. The summed E-state index contributed by atoms with van der Waals surface area (Å²) < 4.78 is 27.6.